The van der Waals surface area contributed by atoms with Crippen molar-refractivity contribution in [3.63, 3.8) is 0 Å². The fourth-order valence-electron chi connectivity index (χ4n) is 4.20. The Morgan fingerprint density at radius 2 is 1.78 bits per heavy atom. The number of nitrogens with zero attached hydrogens (tertiary/aromatic N) is 2. The van der Waals surface area contributed by atoms with Crippen molar-refractivity contribution in [2.24, 2.45) is 0 Å². The van der Waals surface area contributed by atoms with Gasteiger partial charge in [0, 0.05) is 11.5 Å². The zero-order chi connectivity index (χ0) is 26.5. The van der Waals surface area contributed by atoms with Gasteiger partial charge in [-0.15, -0.1) is 0 Å². The number of carboxylic acid groups (broad SMARTS) is 1. The Bertz CT molecular complexity index is 1540. The number of aliphatic carboxylic acids is 1. The number of carbonyl (C=O) groups excluding carboxylic acids is 1. The third kappa shape index (κ3) is 5.62. The highest BCUT2D eigenvalue weighted by Gasteiger charge is 2.18. The van der Waals surface area contributed by atoms with Crippen LogP contribution in [0.4, 0.5) is 9.18 Å². The van der Waals surface area contributed by atoms with Crippen LogP contribution in [0.15, 0.2) is 72.9 Å². The summed E-state index contributed by atoms with van der Waals surface area (Å²) >= 11 is 6.48. The predicted octanol–water partition coefficient (Wildman–Crippen LogP) is 7.30. The van der Waals surface area contributed by atoms with Crippen LogP contribution in [-0.4, -0.2) is 33.6 Å². The molecule has 188 valence electrons. The molecule has 0 atom stereocenters. The van der Waals surface area contributed by atoms with Crippen LogP contribution in [-0.2, 0) is 9.53 Å². The summed E-state index contributed by atoms with van der Waals surface area (Å²) in [7, 11) is 0. The Kier molecular flexibility index (Phi) is 7.84. The maximum atomic E-state index is 13.8. The Labute approximate surface area is 218 Å². The molecule has 0 bridgehead atoms. The first kappa shape index (κ1) is 25.9. The minimum absolute atomic E-state index is 0.237. The monoisotopic (exact) mass is 518 g/mol. The van der Waals surface area contributed by atoms with E-state index in [-0.39, 0.29) is 6.61 Å². The summed E-state index contributed by atoms with van der Waals surface area (Å²) in [4.78, 5) is 23.2. The number of carbonyl (C=O) groups is 2. The maximum Gasteiger partial charge on any atom is 0.435 e. The number of ether oxygens (including phenoxy) is 1. The highest BCUT2D eigenvalue weighted by atomic mass is 35.5. The molecule has 4 rings (SSSR count). The molecule has 0 radical (unpaired) electrons. The minimum atomic E-state index is -1.03. The van der Waals surface area contributed by atoms with E-state index < -0.39 is 17.9 Å². The second kappa shape index (κ2) is 11.2. The summed E-state index contributed by atoms with van der Waals surface area (Å²) in [5.74, 6) is -1.45. The first-order valence-electron chi connectivity index (χ1n) is 11.7. The van der Waals surface area contributed by atoms with E-state index in [0.717, 1.165) is 39.3 Å². The zero-order valence-corrected chi connectivity index (χ0v) is 21.0. The summed E-state index contributed by atoms with van der Waals surface area (Å²) < 4.78 is 20.1. The quantitative estimate of drug-likeness (QED) is 0.205. The van der Waals surface area contributed by atoms with Crippen molar-refractivity contribution in [2.75, 3.05) is 6.61 Å². The molecule has 0 unspecified atom stereocenters. The highest BCUT2D eigenvalue weighted by Crippen LogP contribution is 2.38. The van der Waals surface area contributed by atoms with E-state index in [4.69, 9.17) is 21.4 Å². The van der Waals surface area contributed by atoms with Crippen LogP contribution >= 0.6 is 11.6 Å². The van der Waals surface area contributed by atoms with Crippen molar-refractivity contribution in [1.29, 1.82) is 0 Å². The predicted molar refractivity (Wildman–Crippen MR) is 143 cm³/mol. The first-order chi connectivity index (χ1) is 17.8. The van der Waals surface area contributed by atoms with Crippen molar-refractivity contribution in [2.45, 2.75) is 20.3 Å². The highest BCUT2D eigenvalue weighted by molar-refractivity contribution is 6.32. The van der Waals surface area contributed by atoms with E-state index in [2.05, 4.69) is 5.10 Å². The van der Waals surface area contributed by atoms with Crippen molar-refractivity contribution in [3.8, 4) is 0 Å². The SMILES string of the molecule is CCOC(=O)n1ncc2cc(/C(=C(\CC)c3ccc(F)cc3Cl)c3ccc(/C=C/C(=O)O)cc3)ccc21. The minimum Gasteiger partial charge on any atom is -0.478 e. The van der Waals surface area contributed by atoms with E-state index in [1.165, 1.54) is 22.9 Å². The van der Waals surface area contributed by atoms with Crippen LogP contribution in [0, 0.1) is 5.82 Å². The second-order valence-corrected chi connectivity index (χ2v) is 8.56. The smallest absolute Gasteiger partial charge is 0.435 e. The zero-order valence-electron chi connectivity index (χ0n) is 20.2. The molecule has 0 aliphatic rings. The van der Waals surface area contributed by atoms with Gasteiger partial charge in [0.2, 0.25) is 0 Å². The van der Waals surface area contributed by atoms with Gasteiger partial charge in [-0.3, -0.25) is 0 Å². The average Bonchev–Trinajstić information content (AvgIpc) is 3.30. The number of rotatable bonds is 7. The molecule has 6 nitrogen and oxygen atoms in total. The van der Waals surface area contributed by atoms with Gasteiger partial charge in [-0.2, -0.15) is 9.78 Å². The Morgan fingerprint density at radius 3 is 2.43 bits per heavy atom. The van der Waals surface area contributed by atoms with Gasteiger partial charge in [-0.05, 0) is 77.1 Å². The molecule has 8 heteroatoms. The number of carboxylic acids is 1. The molecule has 0 spiro atoms. The number of aromatic nitrogens is 2. The summed E-state index contributed by atoms with van der Waals surface area (Å²) in [6, 6.07) is 17.4. The lowest BCUT2D eigenvalue weighted by molar-refractivity contribution is -0.131. The fourth-order valence-corrected chi connectivity index (χ4v) is 4.48. The van der Waals surface area contributed by atoms with Crippen molar-refractivity contribution in [3.05, 3.63) is 106 Å². The van der Waals surface area contributed by atoms with Crippen LogP contribution in [0.1, 0.15) is 42.5 Å². The van der Waals surface area contributed by atoms with E-state index in [9.17, 15) is 14.0 Å². The Balaban J connectivity index is 1.91. The van der Waals surface area contributed by atoms with Crippen molar-refractivity contribution < 1.29 is 23.8 Å². The molecule has 1 aromatic heterocycles. The molecule has 1 N–H and O–H groups in total. The number of allylic oxidation sites excluding steroid dienone is 1. The van der Waals surface area contributed by atoms with Gasteiger partial charge < -0.3 is 9.84 Å². The number of hydrogen-bond donors (Lipinski definition) is 1. The lowest BCUT2D eigenvalue weighted by Crippen LogP contribution is -2.14. The van der Waals surface area contributed by atoms with Crippen LogP contribution in [0.2, 0.25) is 5.02 Å². The summed E-state index contributed by atoms with van der Waals surface area (Å²) in [6.45, 7) is 3.96. The van der Waals surface area contributed by atoms with Gasteiger partial charge in [-0.1, -0.05) is 54.9 Å². The van der Waals surface area contributed by atoms with Gasteiger partial charge in [0.15, 0.2) is 0 Å². The van der Waals surface area contributed by atoms with Crippen molar-refractivity contribution >= 4 is 51.8 Å². The molecule has 0 amide bonds. The second-order valence-electron chi connectivity index (χ2n) is 8.15. The topological polar surface area (TPSA) is 81.4 Å². The van der Waals surface area contributed by atoms with E-state index >= 15 is 0 Å². The third-order valence-corrected chi connectivity index (χ3v) is 6.14. The van der Waals surface area contributed by atoms with Gasteiger partial charge in [0.1, 0.15) is 5.82 Å². The molecule has 0 fully saturated rings. The maximum absolute atomic E-state index is 13.8. The van der Waals surface area contributed by atoms with Gasteiger partial charge in [-0.25, -0.2) is 14.0 Å². The summed E-state index contributed by atoms with van der Waals surface area (Å²) in [5, 5.41) is 14.2. The molecule has 1 heterocycles. The van der Waals surface area contributed by atoms with E-state index in [0.29, 0.717) is 22.5 Å². The van der Waals surface area contributed by atoms with E-state index in [1.807, 2.05) is 43.3 Å². The molecule has 37 heavy (non-hydrogen) atoms. The summed E-state index contributed by atoms with van der Waals surface area (Å²) in [5.41, 5.74) is 5.52. The largest absolute Gasteiger partial charge is 0.478 e. The fraction of sp³-hybridized carbons (Fsp3) is 0.138. The lowest BCUT2D eigenvalue weighted by atomic mass is 9.87. The molecule has 0 saturated heterocycles. The Morgan fingerprint density at radius 1 is 1.05 bits per heavy atom. The van der Waals surface area contributed by atoms with Gasteiger partial charge >= 0.3 is 12.1 Å². The van der Waals surface area contributed by atoms with E-state index in [1.54, 1.807) is 25.3 Å². The molecule has 0 aliphatic heterocycles. The summed E-state index contributed by atoms with van der Waals surface area (Å²) in [6.07, 6.45) is 4.24. The number of benzene rings is 3. The Hall–Kier alpha value is -4.23. The first-order valence-corrected chi connectivity index (χ1v) is 12.1. The molecule has 0 saturated carbocycles. The van der Waals surface area contributed by atoms with Crippen LogP contribution in [0.5, 0.6) is 0 Å². The number of halogens is 2. The molecular formula is C29H24ClFN2O4. The third-order valence-electron chi connectivity index (χ3n) is 5.83. The normalized spacial score (nSPS) is 12.1. The lowest BCUT2D eigenvalue weighted by Gasteiger charge is -2.18. The standard InChI is InChI=1S/C29H24ClFN2O4/c1-3-23(24-12-11-22(31)16-25(24)30)28(19-8-5-18(6-9-19)7-14-27(34)35)20-10-13-26-21(15-20)17-32-33(26)29(36)37-4-2/h5-17H,3-4H2,1-2H3,(H,34,35)/b14-7+,28-23+. The van der Waals surface area contributed by atoms with Crippen molar-refractivity contribution in [1.82, 2.24) is 9.78 Å². The van der Waals surface area contributed by atoms with Gasteiger partial charge in [0.05, 0.1) is 23.3 Å². The van der Waals surface area contributed by atoms with Crippen LogP contribution in [0.25, 0.3) is 28.1 Å². The number of fused-ring (bicyclic) bond motifs is 1. The van der Waals surface area contributed by atoms with Crippen LogP contribution in [0.3, 0.4) is 0 Å². The molecular weight excluding hydrogens is 495 g/mol. The molecule has 3 aromatic carbocycles. The van der Waals surface area contributed by atoms with Crippen LogP contribution < -0.4 is 0 Å². The number of hydrogen-bond acceptors (Lipinski definition) is 4. The molecule has 0 aliphatic carbocycles. The molecule has 4 aromatic rings. The van der Waals surface area contributed by atoms with Gasteiger partial charge in [0.25, 0.3) is 0 Å². The average molecular weight is 519 g/mol.